The van der Waals surface area contributed by atoms with Crippen molar-refractivity contribution in [3.05, 3.63) is 88.5 Å². The van der Waals surface area contributed by atoms with Gasteiger partial charge in [0.2, 0.25) is 0 Å². The molecule has 0 spiro atoms. The molecule has 0 heterocycles. The van der Waals surface area contributed by atoms with E-state index in [1.807, 2.05) is 6.92 Å². The number of halogens is 3. The van der Waals surface area contributed by atoms with E-state index in [9.17, 15) is 13.2 Å². The Morgan fingerprint density at radius 3 is 1.60 bits per heavy atom. The molecule has 3 aromatic rings. The van der Waals surface area contributed by atoms with Crippen LogP contribution in [0.1, 0.15) is 156 Å². The largest absolute Gasteiger partial charge is 0.416 e. The minimum absolute atomic E-state index is 0. The molecule has 0 aromatic heterocycles. The van der Waals surface area contributed by atoms with Crippen LogP contribution in [0.5, 0.6) is 0 Å². The molecule has 6 heteroatoms. The first-order valence-electron chi connectivity index (χ1n) is 20.5. The first-order valence-corrected chi connectivity index (χ1v) is 23.4. The molecule has 7 rings (SSSR count). The van der Waals surface area contributed by atoms with Gasteiger partial charge in [-0.3, -0.25) is 0 Å². The molecule has 4 saturated carbocycles. The number of hydrogen-bond acceptors (Lipinski definition) is 0. The van der Waals surface area contributed by atoms with Gasteiger partial charge in [0, 0.05) is 17.1 Å². The van der Waals surface area contributed by atoms with Crippen molar-refractivity contribution in [2.45, 2.75) is 172 Å². The van der Waals surface area contributed by atoms with E-state index in [1.165, 1.54) is 138 Å². The maximum atomic E-state index is 14.2. The number of hydrogen-bond donors (Lipinski definition) is 0. The van der Waals surface area contributed by atoms with Crippen molar-refractivity contribution < 1.29 is 30.2 Å². The van der Waals surface area contributed by atoms with Crippen LogP contribution in [0, 0.1) is 26.7 Å². The van der Waals surface area contributed by atoms with E-state index in [0.29, 0.717) is 17.4 Å². The minimum Gasteiger partial charge on any atom is -0.166 e. The van der Waals surface area contributed by atoms with E-state index >= 15 is 0 Å². The van der Waals surface area contributed by atoms with Crippen LogP contribution in [0.4, 0.5) is 13.2 Å². The molecule has 4 atom stereocenters. The fraction of sp³-hybridized carbons (Fsp3) is 0.609. The summed E-state index contributed by atoms with van der Waals surface area (Å²) < 4.78 is 42.5. The standard InChI is InChI=1S/C41H53F3P2.C5H10.Fe/c1-28-22-29(2)25-35(24-28)45(36-26-30(3)23-32(27-36)41(42,43)44)31(4)37-19-13-20-38(37)39-18-11-12-21-40(39)46(33-14-7-5-8-15-33)34-16-9-6-10-17-34;1-2-4-5-3-1;/h11-12,18,21-27,31,33-34,37-38H,5-10,13-17,19-20H2,1-4H3;1-5H2;/t31-,37?,38?,45?;;/m1../s1. The number of alkyl halides is 3. The zero-order valence-electron chi connectivity index (χ0n) is 32.3. The molecule has 0 N–H and O–H groups in total. The van der Waals surface area contributed by atoms with Crippen LogP contribution in [-0.2, 0) is 23.2 Å². The van der Waals surface area contributed by atoms with Crippen LogP contribution in [-0.4, -0.2) is 17.0 Å². The van der Waals surface area contributed by atoms with Crippen LogP contribution < -0.4 is 15.9 Å². The van der Waals surface area contributed by atoms with Crippen LogP contribution in [0.25, 0.3) is 0 Å². The summed E-state index contributed by atoms with van der Waals surface area (Å²) in [6, 6.07) is 21.1. The Labute approximate surface area is 327 Å². The molecule has 0 bridgehead atoms. The molecule has 3 unspecified atom stereocenters. The van der Waals surface area contributed by atoms with E-state index in [4.69, 9.17) is 0 Å². The fourth-order valence-corrected chi connectivity index (χ4v) is 17.6. The first-order chi connectivity index (χ1) is 24.6. The molecule has 3 aromatic carbocycles. The Kier molecular flexibility index (Phi) is 15.8. The van der Waals surface area contributed by atoms with Crippen molar-refractivity contribution in [2.24, 2.45) is 5.92 Å². The smallest absolute Gasteiger partial charge is 0.166 e. The summed E-state index contributed by atoms with van der Waals surface area (Å²) in [6.45, 7) is 8.46. The van der Waals surface area contributed by atoms with Gasteiger partial charge in [-0.05, 0) is 135 Å². The number of rotatable bonds is 8. The average Bonchev–Trinajstić information content (AvgIpc) is 3.85. The monoisotopic (exact) mass is 790 g/mol. The van der Waals surface area contributed by atoms with Crippen LogP contribution >= 0.6 is 15.8 Å². The van der Waals surface area contributed by atoms with Crippen molar-refractivity contribution in [3.8, 4) is 0 Å². The third-order valence-corrected chi connectivity index (χ3v) is 18.9. The van der Waals surface area contributed by atoms with Crippen molar-refractivity contribution >= 4 is 31.8 Å². The topological polar surface area (TPSA) is 0 Å². The Morgan fingerprint density at radius 2 is 1.06 bits per heavy atom. The van der Waals surface area contributed by atoms with Gasteiger partial charge in [-0.1, -0.05) is 152 Å². The Hall–Kier alpha value is -1.17. The van der Waals surface area contributed by atoms with Gasteiger partial charge in [-0.2, -0.15) is 13.2 Å². The van der Waals surface area contributed by atoms with Gasteiger partial charge in [0.15, 0.2) is 0 Å². The van der Waals surface area contributed by atoms with Gasteiger partial charge in [0.1, 0.15) is 0 Å². The second-order valence-corrected chi connectivity index (χ2v) is 21.9. The maximum Gasteiger partial charge on any atom is 0.416 e. The Morgan fingerprint density at radius 1 is 0.577 bits per heavy atom. The SMILES string of the molecule is C1CCCC1.Cc1cc(C)cc(P(c2cc(C)cc(C(F)(F)F)c2)[C@H](C)C2CCCC2c2ccccc2P(C2CCCCC2)C2CCCCC2)c1.[Fe]. The molecule has 0 saturated heterocycles. The molecule has 0 aliphatic heterocycles. The van der Waals surface area contributed by atoms with E-state index in [2.05, 4.69) is 69.3 Å². The molecular formula is C46H63F3FeP2. The van der Waals surface area contributed by atoms with Gasteiger partial charge in [-0.15, -0.1) is 0 Å². The van der Waals surface area contributed by atoms with Crippen molar-refractivity contribution in [1.29, 1.82) is 0 Å². The fourth-order valence-electron chi connectivity index (χ4n) is 10.2. The minimum atomic E-state index is -4.35. The van der Waals surface area contributed by atoms with E-state index in [0.717, 1.165) is 23.0 Å². The molecule has 4 aliphatic carbocycles. The second kappa shape index (κ2) is 19.6. The number of aryl methyl sites for hydroxylation is 3. The third kappa shape index (κ3) is 10.6. The van der Waals surface area contributed by atoms with Crippen LogP contribution in [0.2, 0.25) is 0 Å². The van der Waals surface area contributed by atoms with Crippen LogP contribution in [0.3, 0.4) is 0 Å². The van der Waals surface area contributed by atoms with Crippen LogP contribution in [0.15, 0.2) is 60.7 Å². The molecule has 52 heavy (non-hydrogen) atoms. The van der Waals surface area contributed by atoms with Crippen molar-refractivity contribution in [2.75, 3.05) is 0 Å². The summed E-state index contributed by atoms with van der Waals surface area (Å²) in [6.07, 6.45) is 20.6. The summed E-state index contributed by atoms with van der Waals surface area (Å²) in [4.78, 5) is 0. The molecule has 0 radical (unpaired) electrons. The van der Waals surface area contributed by atoms with Crippen molar-refractivity contribution in [1.82, 2.24) is 0 Å². The average molecular weight is 791 g/mol. The molecular weight excluding hydrogens is 727 g/mol. The summed E-state index contributed by atoms with van der Waals surface area (Å²) in [5.74, 6) is 0.934. The van der Waals surface area contributed by atoms with E-state index in [1.54, 1.807) is 10.9 Å². The zero-order chi connectivity index (χ0) is 36.0. The Bertz CT molecular complexity index is 1510. The quantitative estimate of drug-likeness (QED) is 0.157. The summed E-state index contributed by atoms with van der Waals surface area (Å²) >= 11 is 0. The first kappa shape index (κ1) is 42.0. The van der Waals surface area contributed by atoms with Gasteiger partial charge in [-0.25, -0.2) is 0 Å². The van der Waals surface area contributed by atoms with Gasteiger partial charge in [0.25, 0.3) is 0 Å². The third-order valence-electron chi connectivity index (χ3n) is 12.5. The van der Waals surface area contributed by atoms with E-state index in [-0.39, 0.29) is 30.6 Å². The maximum absolute atomic E-state index is 14.2. The normalized spacial score (nSPS) is 22.8. The molecule has 286 valence electrons. The number of benzene rings is 3. The van der Waals surface area contributed by atoms with Crippen molar-refractivity contribution in [3.63, 3.8) is 0 Å². The summed E-state index contributed by atoms with van der Waals surface area (Å²) in [5, 5.41) is 3.81. The molecule has 0 amide bonds. The predicted molar refractivity (Wildman–Crippen MR) is 218 cm³/mol. The Balaban J connectivity index is 0.000000803. The predicted octanol–water partition coefficient (Wildman–Crippen LogP) is 13.8. The second-order valence-electron chi connectivity index (χ2n) is 16.5. The molecule has 4 fully saturated rings. The molecule has 0 nitrogen and oxygen atoms in total. The van der Waals surface area contributed by atoms with Gasteiger partial charge >= 0.3 is 6.18 Å². The van der Waals surface area contributed by atoms with Gasteiger partial charge in [0.05, 0.1) is 5.56 Å². The van der Waals surface area contributed by atoms with E-state index < -0.39 is 19.7 Å². The zero-order valence-corrected chi connectivity index (χ0v) is 35.2. The van der Waals surface area contributed by atoms with Gasteiger partial charge < -0.3 is 0 Å². The molecule has 4 aliphatic rings. The summed E-state index contributed by atoms with van der Waals surface area (Å²) in [7, 11) is -1.22. The summed E-state index contributed by atoms with van der Waals surface area (Å²) in [5.41, 5.74) is 6.16.